The van der Waals surface area contributed by atoms with Crippen LogP contribution in [0.2, 0.25) is 0 Å². The molecule has 2 aromatic heterocycles. The van der Waals surface area contributed by atoms with Gasteiger partial charge in [-0.25, -0.2) is 4.98 Å². The summed E-state index contributed by atoms with van der Waals surface area (Å²) >= 11 is 0. The third-order valence-corrected chi connectivity index (χ3v) is 4.25. The van der Waals surface area contributed by atoms with E-state index in [-0.39, 0.29) is 5.71 Å². The number of carbonyl (C=O) groups excluding carboxylic acids is 2. The molecular formula is C20H20N6O2. The van der Waals surface area contributed by atoms with Gasteiger partial charge in [0.25, 0.3) is 5.91 Å². The Labute approximate surface area is 161 Å². The average molecular weight is 376 g/mol. The standard InChI is InChI=1S/C20H20N6O2/c1-22-18(15(11-21)19(27)23-2)20(28)24-14-8-9-26-12-16(25-17(26)10-14)13-6-4-3-5-7-13/h3-12,15,21H,1-2H3,(H,23,27)(H,24,28). The van der Waals surface area contributed by atoms with Crippen LogP contribution in [0.15, 0.2) is 59.9 Å². The summed E-state index contributed by atoms with van der Waals surface area (Å²) in [7, 11) is 2.86. The highest BCUT2D eigenvalue weighted by atomic mass is 16.2. The van der Waals surface area contributed by atoms with E-state index in [0.29, 0.717) is 11.3 Å². The maximum absolute atomic E-state index is 12.6. The van der Waals surface area contributed by atoms with E-state index in [1.54, 1.807) is 18.3 Å². The summed E-state index contributed by atoms with van der Waals surface area (Å²) in [6.07, 6.45) is 4.59. The number of carbonyl (C=O) groups is 2. The van der Waals surface area contributed by atoms with Gasteiger partial charge in [-0.05, 0) is 6.07 Å². The van der Waals surface area contributed by atoms with Gasteiger partial charge >= 0.3 is 0 Å². The molecule has 0 fully saturated rings. The maximum atomic E-state index is 12.6. The van der Waals surface area contributed by atoms with E-state index in [4.69, 9.17) is 5.41 Å². The molecule has 0 spiro atoms. The molecule has 3 rings (SSSR count). The second-order valence-electron chi connectivity index (χ2n) is 5.99. The van der Waals surface area contributed by atoms with Crippen LogP contribution in [0.1, 0.15) is 0 Å². The predicted molar refractivity (Wildman–Crippen MR) is 109 cm³/mol. The quantitative estimate of drug-likeness (QED) is 0.572. The van der Waals surface area contributed by atoms with Gasteiger partial charge in [0.05, 0.1) is 5.69 Å². The molecule has 0 saturated carbocycles. The number of anilines is 1. The van der Waals surface area contributed by atoms with Crippen LogP contribution < -0.4 is 10.6 Å². The first kappa shape index (κ1) is 19.0. The number of hydrogen-bond donors (Lipinski definition) is 3. The lowest BCUT2D eigenvalue weighted by Crippen LogP contribution is -2.40. The van der Waals surface area contributed by atoms with E-state index in [0.717, 1.165) is 17.5 Å². The van der Waals surface area contributed by atoms with Crippen LogP contribution in [-0.4, -0.2) is 47.2 Å². The Balaban J connectivity index is 1.84. The van der Waals surface area contributed by atoms with Crippen molar-refractivity contribution in [2.75, 3.05) is 19.4 Å². The molecule has 0 aliphatic heterocycles. The molecule has 3 N–H and O–H groups in total. The molecule has 2 amide bonds. The summed E-state index contributed by atoms with van der Waals surface area (Å²) < 4.78 is 1.86. The van der Waals surface area contributed by atoms with Crippen LogP contribution in [0.25, 0.3) is 16.9 Å². The Hall–Kier alpha value is -3.81. The zero-order valence-electron chi connectivity index (χ0n) is 15.5. The van der Waals surface area contributed by atoms with Gasteiger partial charge in [-0.3, -0.25) is 14.6 Å². The Kier molecular flexibility index (Phi) is 5.59. The summed E-state index contributed by atoms with van der Waals surface area (Å²) in [6, 6.07) is 13.3. The van der Waals surface area contributed by atoms with Crippen LogP contribution in [0.4, 0.5) is 5.69 Å². The van der Waals surface area contributed by atoms with Gasteiger partial charge in [-0.2, -0.15) is 0 Å². The fourth-order valence-electron chi connectivity index (χ4n) is 2.82. The molecule has 3 aromatic rings. The second-order valence-corrected chi connectivity index (χ2v) is 5.99. The zero-order chi connectivity index (χ0) is 20.1. The first-order valence-corrected chi connectivity index (χ1v) is 8.61. The summed E-state index contributed by atoms with van der Waals surface area (Å²) in [5.74, 6) is -2.06. The van der Waals surface area contributed by atoms with Crippen LogP contribution in [0.5, 0.6) is 0 Å². The highest BCUT2D eigenvalue weighted by Crippen LogP contribution is 2.20. The molecule has 142 valence electrons. The molecule has 1 aromatic carbocycles. The maximum Gasteiger partial charge on any atom is 0.270 e. The van der Waals surface area contributed by atoms with Crippen molar-refractivity contribution in [1.82, 2.24) is 14.7 Å². The van der Waals surface area contributed by atoms with Crippen molar-refractivity contribution in [1.29, 1.82) is 5.41 Å². The number of benzene rings is 1. The molecule has 8 nitrogen and oxygen atoms in total. The molecular weight excluding hydrogens is 356 g/mol. The van der Waals surface area contributed by atoms with Gasteiger partial charge in [-0.1, -0.05) is 30.3 Å². The Bertz CT molecular complexity index is 1060. The number of nitrogens with one attached hydrogen (secondary N) is 3. The molecule has 8 heteroatoms. The molecule has 0 saturated heterocycles. The molecule has 2 heterocycles. The Morgan fingerprint density at radius 2 is 2.00 bits per heavy atom. The van der Waals surface area contributed by atoms with E-state index < -0.39 is 17.7 Å². The summed E-state index contributed by atoms with van der Waals surface area (Å²) in [6.45, 7) is 0. The lowest BCUT2D eigenvalue weighted by atomic mass is 10.0. The van der Waals surface area contributed by atoms with Gasteiger partial charge in [-0.15, -0.1) is 0 Å². The highest BCUT2D eigenvalue weighted by molar-refractivity contribution is 6.49. The summed E-state index contributed by atoms with van der Waals surface area (Å²) in [5.41, 5.74) is 2.97. The van der Waals surface area contributed by atoms with Gasteiger partial charge < -0.3 is 20.4 Å². The van der Waals surface area contributed by atoms with Gasteiger partial charge in [0.15, 0.2) is 0 Å². The SMILES string of the molecule is CN=C(C(=O)Nc1ccn2cc(-c3ccccc3)nc2c1)C(C=N)C(=O)NC. The number of hydrogen-bond acceptors (Lipinski definition) is 5. The predicted octanol–water partition coefficient (Wildman–Crippen LogP) is 2.02. The number of rotatable bonds is 6. The third kappa shape index (κ3) is 3.80. The minimum absolute atomic E-state index is 0.0393. The molecule has 0 aliphatic carbocycles. The van der Waals surface area contributed by atoms with Crippen molar-refractivity contribution in [3.63, 3.8) is 0 Å². The first-order valence-electron chi connectivity index (χ1n) is 8.61. The smallest absolute Gasteiger partial charge is 0.270 e. The summed E-state index contributed by atoms with van der Waals surface area (Å²) in [5, 5.41) is 12.6. The topological polar surface area (TPSA) is 112 Å². The van der Waals surface area contributed by atoms with Crippen molar-refractivity contribution >= 4 is 35.1 Å². The van der Waals surface area contributed by atoms with Crippen molar-refractivity contribution in [2.45, 2.75) is 0 Å². The largest absolute Gasteiger partial charge is 0.358 e. The van der Waals surface area contributed by atoms with Crippen LogP contribution >= 0.6 is 0 Å². The zero-order valence-corrected chi connectivity index (χ0v) is 15.5. The molecule has 28 heavy (non-hydrogen) atoms. The Morgan fingerprint density at radius 1 is 1.25 bits per heavy atom. The van der Waals surface area contributed by atoms with Crippen molar-refractivity contribution < 1.29 is 9.59 Å². The minimum atomic E-state index is -1.05. The molecule has 0 bridgehead atoms. The molecule has 1 atom stereocenters. The van der Waals surface area contributed by atoms with Crippen molar-refractivity contribution in [2.24, 2.45) is 10.9 Å². The van der Waals surface area contributed by atoms with Gasteiger partial charge in [0.2, 0.25) is 5.91 Å². The molecule has 1 unspecified atom stereocenters. The number of pyridine rings is 1. The van der Waals surface area contributed by atoms with Crippen molar-refractivity contribution in [3.05, 3.63) is 54.9 Å². The van der Waals surface area contributed by atoms with Crippen LogP contribution in [0.3, 0.4) is 0 Å². The van der Waals surface area contributed by atoms with E-state index in [2.05, 4.69) is 20.6 Å². The van der Waals surface area contributed by atoms with E-state index in [1.807, 2.05) is 40.9 Å². The molecule has 0 radical (unpaired) electrons. The number of imidazole rings is 1. The molecule has 0 aliphatic rings. The monoisotopic (exact) mass is 376 g/mol. The number of fused-ring (bicyclic) bond motifs is 1. The highest BCUT2D eigenvalue weighted by Gasteiger charge is 2.26. The normalized spacial score (nSPS) is 12.4. The third-order valence-electron chi connectivity index (χ3n) is 4.25. The number of nitrogens with zero attached hydrogens (tertiary/aromatic N) is 3. The van der Waals surface area contributed by atoms with Crippen LogP contribution in [0, 0.1) is 11.3 Å². The van der Waals surface area contributed by atoms with E-state index >= 15 is 0 Å². The fourth-order valence-corrected chi connectivity index (χ4v) is 2.82. The number of aromatic nitrogens is 2. The number of amides is 2. The lowest BCUT2D eigenvalue weighted by molar-refractivity contribution is -0.121. The summed E-state index contributed by atoms with van der Waals surface area (Å²) in [4.78, 5) is 32.9. The second kappa shape index (κ2) is 8.26. The van der Waals surface area contributed by atoms with Crippen molar-refractivity contribution in [3.8, 4) is 11.3 Å². The van der Waals surface area contributed by atoms with Gasteiger partial charge in [0.1, 0.15) is 17.3 Å². The van der Waals surface area contributed by atoms with E-state index in [9.17, 15) is 9.59 Å². The first-order chi connectivity index (χ1) is 13.6. The number of aliphatic imine (C=N–C) groups is 1. The minimum Gasteiger partial charge on any atom is -0.358 e. The van der Waals surface area contributed by atoms with Gasteiger partial charge in [0, 0.05) is 50.0 Å². The van der Waals surface area contributed by atoms with E-state index in [1.165, 1.54) is 14.1 Å². The fraction of sp³-hybridized carbons (Fsp3) is 0.150. The lowest BCUT2D eigenvalue weighted by Gasteiger charge is -2.13. The Morgan fingerprint density at radius 3 is 2.64 bits per heavy atom. The van der Waals surface area contributed by atoms with Crippen LogP contribution in [-0.2, 0) is 9.59 Å². The average Bonchev–Trinajstić information content (AvgIpc) is 3.15.